The van der Waals surface area contributed by atoms with E-state index in [1.165, 1.54) is 0 Å². The number of rotatable bonds is 5. The second-order valence-corrected chi connectivity index (χ2v) is 3.88. The fourth-order valence-electron chi connectivity index (χ4n) is 1.02. The molecule has 0 aromatic carbocycles. The molecule has 2 amide bonds. The van der Waals surface area contributed by atoms with E-state index in [-0.39, 0.29) is 5.91 Å². The van der Waals surface area contributed by atoms with Crippen LogP contribution in [0.4, 0.5) is 0 Å². The highest BCUT2D eigenvalue weighted by Crippen LogP contribution is 2.04. The van der Waals surface area contributed by atoms with Gasteiger partial charge in [0.05, 0.1) is 6.04 Å². The van der Waals surface area contributed by atoms with Crippen LogP contribution in [-0.4, -0.2) is 23.9 Å². The standard InChI is InChI=1S/C9H19N3O2/c1-5(2)4-7(8(11)13)12-9(14)6(3)10/h5-7H,4,10H2,1-3H3,(H2,11,13)(H,12,14)/t6-,7+/m1/s1. The maximum atomic E-state index is 11.2. The summed E-state index contributed by atoms with van der Waals surface area (Å²) in [6.45, 7) is 5.46. The zero-order chi connectivity index (χ0) is 11.3. The molecule has 5 nitrogen and oxygen atoms in total. The van der Waals surface area contributed by atoms with Gasteiger partial charge in [0.2, 0.25) is 11.8 Å². The van der Waals surface area contributed by atoms with Crippen molar-refractivity contribution in [3.8, 4) is 0 Å². The summed E-state index contributed by atoms with van der Waals surface area (Å²) in [4.78, 5) is 22.2. The first-order valence-corrected chi connectivity index (χ1v) is 4.69. The number of amides is 2. The molecule has 0 bridgehead atoms. The zero-order valence-electron chi connectivity index (χ0n) is 8.91. The van der Waals surface area contributed by atoms with Crippen LogP contribution in [0.2, 0.25) is 0 Å². The highest BCUT2D eigenvalue weighted by atomic mass is 16.2. The lowest BCUT2D eigenvalue weighted by molar-refractivity contribution is -0.128. The van der Waals surface area contributed by atoms with Crippen molar-refractivity contribution in [1.82, 2.24) is 5.32 Å². The third kappa shape index (κ3) is 4.81. The molecule has 5 heteroatoms. The van der Waals surface area contributed by atoms with Gasteiger partial charge in [0, 0.05) is 0 Å². The van der Waals surface area contributed by atoms with Crippen LogP contribution >= 0.6 is 0 Å². The van der Waals surface area contributed by atoms with Gasteiger partial charge in [0.1, 0.15) is 6.04 Å². The summed E-state index contributed by atoms with van der Waals surface area (Å²) in [7, 11) is 0. The van der Waals surface area contributed by atoms with Gasteiger partial charge in [-0.25, -0.2) is 0 Å². The lowest BCUT2D eigenvalue weighted by atomic mass is 10.0. The second-order valence-electron chi connectivity index (χ2n) is 3.88. The third-order valence-corrected chi connectivity index (χ3v) is 1.78. The maximum absolute atomic E-state index is 11.2. The fraction of sp³-hybridized carbons (Fsp3) is 0.778. The highest BCUT2D eigenvalue weighted by molar-refractivity contribution is 5.88. The summed E-state index contributed by atoms with van der Waals surface area (Å²) < 4.78 is 0. The van der Waals surface area contributed by atoms with Gasteiger partial charge in [-0.1, -0.05) is 13.8 Å². The van der Waals surface area contributed by atoms with Crippen LogP contribution in [0.15, 0.2) is 0 Å². The van der Waals surface area contributed by atoms with Gasteiger partial charge < -0.3 is 16.8 Å². The van der Waals surface area contributed by atoms with Gasteiger partial charge in [-0.15, -0.1) is 0 Å². The number of carbonyl (C=O) groups excluding carboxylic acids is 2. The Labute approximate surface area is 84.2 Å². The molecule has 0 saturated heterocycles. The largest absolute Gasteiger partial charge is 0.368 e. The van der Waals surface area contributed by atoms with Crippen molar-refractivity contribution < 1.29 is 9.59 Å². The number of nitrogens with two attached hydrogens (primary N) is 2. The van der Waals surface area contributed by atoms with Gasteiger partial charge in [-0.3, -0.25) is 9.59 Å². The lowest BCUT2D eigenvalue weighted by Gasteiger charge is -2.18. The molecule has 0 aliphatic rings. The molecule has 0 saturated carbocycles. The Hall–Kier alpha value is -1.10. The summed E-state index contributed by atoms with van der Waals surface area (Å²) in [5.41, 5.74) is 10.5. The van der Waals surface area contributed by atoms with E-state index in [1.54, 1.807) is 6.92 Å². The molecular formula is C9H19N3O2. The molecular weight excluding hydrogens is 182 g/mol. The predicted octanol–water partition coefficient (Wildman–Crippen LogP) is -0.650. The minimum atomic E-state index is -0.621. The van der Waals surface area contributed by atoms with E-state index >= 15 is 0 Å². The Balaban J connectivity index is 4.23. The predicted molar refractivity (Wildman–Crippen MR) is 54.2 cm³/mol. The molecule has 0 radical (unpaired) electrons. The van der Waals surface area contributed by atoms with Crippen LogP contribution < -0.4 is 16.8 Å². The maximum Gasteiger partial charge on any atom is 0.240 e. The van der Waals surface area contributed by atoms with Crippen molar-refractivity contribution in [2.75, 3.05) is 0 Å². The van der Waals surface area contributed by atoms with E-state index in [2.05, 4.69) is 5.32 Å². The first-order chi connectivity index (χ1) is 6.34. The molecule has 0 unspecified atom stereocenters. The van der Waals surface area contributed by atoms with Crippen LogP contribution in [-0.2, 0) is 9.59 Å². The summed E-state index contributed by atoms with van der Waals surface area (Å²) >= 11 is 0. The minimum Gasteiger partial charge on any atom is -0.368 e. The average Bonchev–Trinajstić information content (AvgIpc) is 2.01. The number of carbonyl (C=O) groups is 2. The van der Waals surface area contributed by atoms with Crippen molar-refractivity contribution in [1.29, 1.82) is 0 Å². The Morgan fingerprint density at radius 1 is 1.29 bits per heavy atom. The van der Waals surface area contributed by atoms with Crippen LogP contribution in [0.3, 0.4) is 0 Å². The summed E-state index contributed by atoms with van der Waals surface area (Å²) in [5, 5.41) is 2.51. The van der Waals surface area contributed by atoms with Crippen molar-refractivity contribution in [2.45, 2.75) is 39.3 Å². The number of nitrogens with one attached hydrogen (secondary N) is 1. The van der Waals surface area contributed by atoms with E-state index in [4.69, 9.17) is 11.5 Å². The molecule has 0 spiro atoms. The smallest absolute Gasteiger partial charge is 0.240 e. The Kier molecular flexibility index (Phi) is 5.15. The van der Waals surface area contributed by atoms with Gasteiger partial charge >= 0.3 is 0 Å². The third-order valence-electron chi connectivity index (χ3n) is 1.78. The SMILES string of the molecule is CC(C)C[C@H](NC(=O)[C@@H](C)N)C(N)=O. The van der Waals surface area contributed by atoms with Crippen LogP contribution in [0.5, 0.6) is 0 Å². The monoisotopic (exact) mass is 201 g/mol. The van der Waals surface area contributed by atoms with Crippen molar-refractivity contribution in [3.05, 3.63) is 0 Å². The molecule has 0 heterocycles. The van der Waals surface area contributed by atoms with Crippen LogP contribution in [0.25, 0.3) is 0 Å². The Morgan fingerprint density at radius 2 is 1.79 bits per heavy atom. The first kappa shape index (κ1) is 12.9. The van der Waals surface area contributed by atoms with Gasteiger partial charge in [0.15, 0.2) is 0 Å². The topological polar surface area (TPSA) is 98.2 Å². The average molecular weight is 201 g/mol. The fourth-order valence-corrected chi connectivity index (χ4v) is 1.02. The molecule has 0 aromatic rings. The van der Waals surface area contributed by atoms with Crippen LogP contribution in [0, 0.1) is 5.92 Å². The molecule has 5 N–H and O–H groups in total. The molecule has 14 heavy (non-hydrogen) atoms. The normalized spacial score (nSPS) is 14.9. The molecule has 0 aliphatic heterocycles. The minimum absolute atomic E-state index is 0.292. The van der Waals surface area contributed by atoms with E-state index in [9.17, 15) is 9.59 Å². The highest BCUT2D eigenvalue weighted by Gasteiger charge is 2.20. The summed E-state index contributed by atoms with van der Waals surface area (Å²) in [5.74, 6) is -0.581. The van der Waals surface area contributed by atoms with E-state index < -0.39 is 18.0 Å². The quantitative estimate of drug-likeness (QED) is 0.551. The van der Waals surface area contributed by atoms with Crippen molar-refractivity contribution in [2.24, 2.45) is 17.4 Å². The second kappa shape index (κ2) is 5.59. The zero-order valence-corrected chi connectivity index (χ0v) is 8.91. The lowest BCUT2D eigenvalue weighted by Crippen LogP contribution is -2.49. The number of hydrogen-bond donors (Lipinski definition) is 3. The Bertz CT molecular complexity index is 214. The molecule has 0 aliphatic carbocycles. The summed E-state index contributed by atoms with van der Waals surface area (Å²) in [6, 6.07) is -1.24. The molecule has 2 atom stereocenters. The molecule has 82 valence electrons. The van der Waals surface area contributed by atoms with E-state index in [0.29, 0.717) is 12.3 Å². The van der Waals surface area contributed by atoms with Gasteiger partial charge in [0.25, 0.3) is 0 Å². The first-order valence-electron chi connectivity index (χ1n) is 4.69. The Morgan fingerprint density at radius 3 is 2.07 bits per heavy atom. The van der Waals surface area contributed by atoms with E-state index in [0.717, 1.165) is 0 Å². The van der Waals surface area contributed by atoms with Crippen LogP contribution in [0.1, 0.15) is 27.2 Å². The summed E-state index contributed by atoms with van der Waals surface area (Å²) in [6.07, 6.45) is 0.536. The van der Waals surface area contributed by atoms with Crippen molar-refractivity contribution in [3.63, 3.8) is 0 Å². The van der Waals surface area contributed by atoms with E-state index in [1.807, 2.05) is 13.8 Å². The van der Waals surface area contributed by atoms with Gasteiger partial charge in [-0.05, 0) is 19.3 Å². The number of primary amides is 1. The van der Waals surface area contributed by atoms with Gasteiger partial charge in [-0.2, -0.15) is 0 Å². The molecule has 0 aromatic heterocycles. The molecule has 0 fully saturated rings. The number of hydrogen-bond acceptors (Lipinski definition) is 3. The van der Waals surface area contributed by atoms with Crippen molar-refractivity contribution >= 4 is 11.8 Å². The molecule has 0 rings (SSSR count).